The number of allylic oxidation sites excluding steroid dienone is 1. The molecule has 2 nitrogen and oxygen atoms in total. The van der Waals surface area contributed by atoms with E-state index in [4.69, 9.17) is 0 Å². The highest BCUT2D eigenvalue weighted by Gasteiger charge is 2.36. The SMILES string of the molecule is CC1C=Cc2c(c3ccccc3n2-c2ccc(N(c3ccc4c(c3)C(C)(C)c3ccccc3-4)c3cccc(-c4ccccc4)c3-c3ccccc3-c3ccccc3)cc2)C1. The molecular weight excluding hydrogens is 725 g/mol. The summed E-state index contributed by atoms with van der Waals surface area (Å²) in [6.07, 6.45) is 5.74. The summed E-state index contributed by atoms with van der Waals surface area (Å²) in [4.78, 5) is 2.50. The minimum absolute atomic E-state index is 0.147. The zero-order valence-corrected chi connectivity index (χ0v) is 34.3. The van der Waals surface area contributed by atoms with E-state index in [-0.39, 0.29) is 5.41 Å². The summed E-state index contributed by atoms with van der Waals surface area (Å²) in [5.41, 5.74) is 20.9. The number of fused-ring (bicyclic) bond motifs is 6. The molecular formula is C58H46N2. The molecule has 11 rings (SSSR count). The maximum Gasteiger partial charge on any atom is 0.0546 e. The third-order valence-electron chi connectivity index (χ3n) is 13.0. The van der Waals surface area contributed by atoms with E-state index in [9.17, 15) is 0 Å². The molecule has 0 fully saturated rings. The van der Waals surface area contributed by atoms with Crippen molar-refractivity contribution in [3.8, 4) is 50.2 Å². The molecule has 2 heteroatoms. The molecule has 0 saturated heterocycles. The average Bonchev–Trinajstić information content (AvgIpc) is 3.74. The fraction of sp³-hybridized carbons (Fsp3) is 0.103. The summed E-state index contributed by atoms with van der Waals surface area (Å²) in [5.74, 6) is 0.519. The lowest BCUT2D eigenvalue weighted by Crippen LogP contribution is -2.17. The number of rotatable bonds is 7. The molecule has 0 saturated carbocycles. The molecule has 0 N–H and O–H groups in total. The Bertz CT molecular complexity index is 3090. The van der Waals surface area contributed by atoms with Crippen molar-refractivity contribution in [2.45, 2.75) is 32.6 Å². The molecule has 1 heterocycles. The summed E-state index contributed by atoms with van der Waals surface area (Å²) in [7, 11) is 0. The third kappa shape index (κ3) is 5.78. The molecule has 1 unspecified atom stereocenters. The highest BCUT2D eigenvalue weighted by atomic mass is 15.1. The second-order valence-corrected chi connectivity index (χ2v) is 17.0. The van der Waals surface area contributed by atoms with E-state index in [2.05, 4.69) is 237 Å². The molecule has 0 bridgehead atoms. The number of benzene rings is 8. The van der Waals surface area contributed by atoms with Crippen molar-refractivity contribution in [2.24, 2.45) is 5.92 Å². The first-order valence-corrected chi connectivity index (χ1v) is 21.2. The molecule has 288 valence electrons. The van der Waals surface area contributed by atoms with Gasteiger partial charge in [-0.1, -0.05) is 172 Å². The van der Waals surface area contributed by atoms with Crippen LogP contribution in [0.3, 0.4) is 0 Å². The number of aromatic nitrogens is 1. The van der Waals surface area contributed by atoms with Gasteiger partial charge in [-0.15, -0.1) is 0 Å². The Morgan fingerprint density at radius 1 is 0.517 bits per heavy atom. The Hall–Kier alpha value is -7.16. The Morgan fingerprint density at radius 2 is 1.12 bits per heavy atom. The Labute approximate surface area is 353 Å². The van der Waals surface area contributed by atoms with Gasteiger partial charge >= 0.3 is 0 Å². The summed E-state index contributed by atoms with van der Waals surface area (Å²) in [5, 5.41) is 1.34. The molecule has 0 aliphatic heterocycles. The van der Waals surface area contributed by atoms with E-state index in [1.54, 1.807) is 0 Å². The highest BCUT2D eigenvalue weighted by molar-refractivity contribution is 6.01. The molecule has 9 aromatic rings. The van der Waals surface area contributed by atoms with Crippen LogP contribution in [0.15, 0.2) is 200 Å². The van der Waals surface area contributed by atoms with E-state index >= 15 is 0 Å². The second kappa shape index (κ2) is 14.3. The Balaban J connectivity index is 1.16. The lowest BCUT2D eigenvalue weighted by atomic mass is 9.82. The average molecular weight is 771 g/mol. The Kier molecular flexibility index (Phi) is 8.56. The topological polar surface area (TPSA) is 8.17 Å². The number of anilines is 3. The zero-order chi connectivity index (χ0) is 40.4. The van der Waals surface area contributed by atoms with E-state index in [1.807, 2.05) is 0 Å². The van der Waals surface area contributed by atoms with Crippen molar-refractivity contribution in [1.29, 1.82) is 0 Å². The van der Waals surface area contributed by atoms with Crippen molar-refractivity contribution in [1.82, 2.24) is 4.57 Å². The number of hydrogen-bond acceptors (Lipinski definition) is 1. The van der Waals surface area contributed by atoms with Crippen LogP contribution in [0.25, 0.3) is 67.2 Å². The summed E-state index contributed by atoms with van der Waals surface area (Å²) in [6.45, 7) is 7.05. The quantitative estimate of drug-likeness (QED) is 0.157. The lowest BCUT2D eigenvalue weighted by Gasteiger charge is -2.31. The van der Waals surface area contributed by atoms with E-state index in [1.165, 1.54) is 77.8 Å². The van der Waals surface area contributed by atoms with Crippen molar-refractivity contribution in [2.75, 3.05) is 4.90 Å². The molecule has 8 aromatic carbocycles. The van der Waals surface area contributed by atoms with Gasteiger partial charge in [-0.2, -0.15) is 0 Å². The number of nitrogens with zero attached hydrogens (tertiary/aromatic N) is 2. The van der Waals surface area contributed by atoms with Crippen LogP contribution in [0.5, 0.6) is 0 Å². The lowest BCUT2D eigenvalue weighted by molar-refractivity contribution is 0.660. The van der Waals surface area contributed by atoms with Gasteiger partial charge in [0.1, 0.15) is 0 Å². The van der Waals surface area contributed by atoms with Gasteiger partial charge in [0.25, 0.3) is 0 Å². The number of hydrogen-bond donors (Lipinski definition) is 0. The third-order valence-corrected chi connectivity index (χ3v) is 13.0. The fourth-order valence-electron chi connectivity index (χ4n) is 10.1. The van der Waals surface area contributed by atoms with E-state index < -0.39 is 0 Å². The van der Waals surface area contributed by atoms with Gasteiger partial charge in [0.2, 0.25) is 0 Å². The van der Waals surface area contributed by atoms with Gasteiger partial charge in [-0.3, -0.25) is 0 Å². The monoisotopic (exact) mass is 770 g/mol. The minimum atomic E-state index is -0.147. The van der Waals surface area contributed by atoms with Crippen molar-refractivity contribution in [3.05, 3.63) is 223 Å². The van der Waals surface area contributed by atoms with Crippen LogP contribution >= 0.6 is 0 Å². The van der Waals surface area contributed by atoms with Gasteiger partial charge in [0.15, 0.2) is 0 Å². The molecule has 0 amide bonds. The van der Waals surface area contributed by atoms with E-state index in [0.29, 0.717) is 5.92 Å². The van der Waals surface area contributed by atoms with Crippen molar-refractivity contribution in [3.63, 3.8) is 0 Å². The standard InChI is InChI=1S/C58H46N2/c1-39-29-36-55-51(37-39)49-23-13-15-27-54(49)60(55)43-32-30-42(31-33-43)59(44-34-35-48-47-22-12-14-26-52(47)58(2,3)53(48)38-44)56-28-16-25-46(41-19-8-5-9-20-41)57(56)50-24-11-10-21-45(50)40-17-6-4-7-18-40/h4-36,38-39H,37H2,1-3H3. The predicted molar refractivity (Wildman–Crippen MR) is 254 cm³/mol. The molecule has 1 aromatic heterocycles. The van der Waals surface area contributed by atoms with Crippen LogP contribution in [0.1, 0.15) is 43.2 Å². The normalized spacial score (nSPS) is 14.8. The summed E-state index contributed by atoms with van der Waals surface area (Å²) >= 11 is 0. The van der Waals surface area contributed by atoms with Crippen LogP contribution < -0.4 is 4.90 Å². The van der Waals surface area contributed by atoms with Crippen LogP contribution in [0.4, 0.5) is 17.1 Å². The van der Waals surface area contributed by atoms with Crippen LogP contribution in [0, 0.1) is 5.92 Å². The van der Waals surface area contributed by atoms with Gasteiger partial charge in [-0.25, -0.2) is 0 Å². The van der Waals surface area contributed by atoms with Gasteiger partial charge < -0.3 is 9.47 Å². The molecule has 0 radical (unpaired) electrons. The molecule has 60 heavy (non-hydrogen) atoms. The van der Waals surface area contributed by atoms with Gasteiger partial charge in [0.05, 0.1) is 11.2 Å². The summed E-state index contributed by atoms with van der Waals surface area (Å²) < 4.78 is 2.45. The first-order valence-electron chi connectivity index (χ1n) is 21.2. The highest BCUT2D eigenvalue weighted by Crippen LogP contribution is 2.53. The second-order valence-electron chi connectivity index (χ2n) is 17.0. The number of para-hydroxylation sites is 1. The fourth-order valence-corrected chi connectivity index (χ4v) is 10.1. The van der Waals surface area contributed by atoms with Gasteiger partial charge in [-0.05, 0) is 123 Å². The first kappa shape index (κ1) is 36.0. The van der Waals surface area contributed by atoms with Crippen LogP contribution in [0.2, 0.25) is 0 Å². The smallest absolute Gasteiger partial charge is 0.0546 e. The maximum atomic E-state index is 2.50. The summed E-state index contributed by atoms with van der Waals surface area (Å²) in [6, 6.07) is 71.6. The molecule has 0 spiro atoms. The van der Waals surface area contributed by atoms with Crippen molar-refractivity contribution >= 4 is 34.0 Å². The zero-order valence-electron chi connectivity index (χ0n) is 34.3. The van der Waals surface area contributed by atoms with Crippen LogP contribution in [-0.2, 0) is 11.8 Å². The van der Waals surface area contributed by atoms with Crippen molar-refractivity contribution < 1.29 is 0 Å². The molecule has 1 atom stereocenters. The predicted octanol–water partition coefficient (Wildman–Crippen LogP) is 15.6. The molecule has 2 aliphatic rings. The first-order chi connectivity index (χ1) is 29.5. The van der Waals surface area contributed by atoms with Gasteiger partial charge in [0, 0.05) is 39.1 Å². The minimum Gasteiger partial charge on any atom is -0.310 e. The maximum absolute atomic E-state index is 2.50. The Morgan fingerprint density at radius 3 is 1.88 bits per heavy atom. The largest absolute Gasteiger partial charge is 0.310 e. The van der Waals surface area contributed by atoms with E-state index in [0.717, 1.165) is 29.2 Å². The molecule has 2 aliphatic carbocycles. The van der Waals surface area contributed by atoms with Crippen LogP contribution in [-0.4, -0.2) is 4.57 Å².